The molecule has 2 rings (SSSR count). The van der Waals surface area contributed by atoms with Crippen molar-refractivity contribution in [1.82, 2.24) is 4.90 Å². The number of methoxy groups -OCH3 is 1. The van der Waals surface area contributed by atoms with Gasteiger partial charge < -0.3 is 14.4 Å². The normalized spacial score (nSPS) is 21.0. The molecule has 0 N–H and O–H groups in total. The third kappa shape index (κ3) is 3.43. The number of ether oxygens (including phenoxy) is 2. The first-order chi connectivity index (χ1) is 9.63. The van der Waals surface area contributed by atoms with Gasteiger partial charge in [0.15, 0.2) is 11.5 Å². The average Bonchev–Trinajstić information content (AvgIpc) is 2.47. The summed E-state index contributed by atoms with van der Waals surface area (Å²) in [4.78, 5) is 2.34. The van der Waals surface area contributed by atoms with Crippen LogP contribution in [-0.4, -0.2) is 38.3 Å². The molecule has 108 valence electrons. The summed E-state index contributed by atoms with van der Waals surface area (Å²) in [5, 5.41) is 8.99. The van der Waals surface area contributed by atoms with Crippen molar-refractivity contribution < 1.29 is 9.47 Å². The average molecular weight is 274 g/mol. The maximum Gasteiger partial charge on any atom is 0.162 e. The van der Waals surface area contributed by atoms with E-state index < -0.39 is 0 Å². The van der Waals surface area contributed by atoms with Gasteiger partial charge in [-0.2, -0.15) is 5.26 Å². The molecule has 0 aliphatic carbocycles. The molecule has 0 amide bonds. The van der Waals surface area contributed by atoms with Crippen LogP contribution in [-0.2, 0) is 0 Å². The van der Waals surface area contributed by atoms with Crippen LogP contribution < -0.4 is 9.47 Å². The highest BCUT2D eigenvalue weighted by Gasteiger charge is 2.24. The predicted octanol–water partition coefficient (Wildman–Crippen LogP) is 2.68. The summed E-state index contributed by atoms with van der Waals surface area (Å²) >= 11 is 0. The second-order valence-electron chi connectivity index (χ2n) is 5.46. The number of nitrogens with zero attached hydrogens (tertiary/aromatic N) is 2. The lowest BCUT2D eigenvalue weighted by Crippen LogP contribution is -2.39. The summed E-state index contributed by atoms with van der Waals surface area (Å²) in [5.41, 5.74) is 0.591. The van der Waals surface area contributed by atoms with E-state index in [1.165, 1.54) is 12.8 Å². The van der Waals surface area contributed by atoms with Crippen LogP contribution in [0.2, 0.25) is 0 Å². The number of likely N-dealkylation sites (tertiary alicyclic amines) is 1. The van der Waals surface area contributed by atoms with Crippen LogP contribution in [0.15, 0.2) is 18.2 Å². The number of hydrogen-bond acceptors (Lipinski definition) is 4. The van der Waals surface area contributed by atoms with E-state index >= 15 is 0 Å². The molecule has 0 bridgehead atoms. The van der Waals surface area contributed by atoms with Crippen LogP contribution in [0.3, 0.4) is 0 Å². The molecule has 4 nitrogen and oxygen atoms in total. The summed E-state index contributed by atoms with van der Waals surface area (Å²) in [6.45, 7) is 4.32. The van der Waals surface area contributed by atoms with Crippen molar-refractivity contribution in [1.29, 1.82) is 5.26 Å². The number of benzene rings is 1. The third-order valence-corrected chi connectivity index (χ3v) is 3.93. The molecule has 1 aliphatic rings. The molecule has 4 heteroatoms. The highest BCUT2D eigenvalue weighted by atomic mass is 16.5. The van der Waals surface area contributed by atoms with Crippen molar-refractivity contribution in [2.24, 2.45) is 5.92 Å². The first kappa shape index (κ1) is 14.7. The van der Waals surface area contributed by atoms with E-state index in [2.05, 4.69) is 24.9 Å². The highest BCUT2D eigenvalue weighted by Crippen LogP contribution is 2.31. The largest absolute Gasteiger partial charge is 0.493 e. The van der Waals surface area contributed by atoms with Crippen LogP contribution in [0.5, 0.6) is 11.5 Å². The highest BCUT2D eigenvalue weighted by molar-refractivity contribution is 5.46. The quantitative estimate of drug-likeness (QED) is 0.847. The molecule has 1 aromatic carbocycles. The number of rotatable bonds is 4. The topological polar surface area (TPSA) is 45.5 Å². The molecule has 1 aliphatic heterocycles. The minimum atomic E-state index is 0.112. The van der Waals surface area contributed by atoms with Crippen LogP contribution in [0.1, 0.15) is 25.3 Å². The van der Waals surface area contributed by atoms with E-state index in [0.717, 1.165) is 13.1 Å². The van der Waals surface area contributed by atoms with Gasteiger partial charge in [-0.15, -0.1) is 0 Å². The molecular formula is C16H22N2O2. The Balaban J connectivity index is 2.10. The summed E-state index contributed by atoms with van der Waals surface area (Å²) in [5.74, 6) is 1.86. The number of nitriles is 1. The molecule has 0 radical (unpaired) electrons. The Bertz CT molecular complexity index is 496. The van der Waals surface area contributed by atoms with E-state index in [4.69, 9.17) is 14.7 Å². The smallest absolute Gasteiger partial charge is 0.162 e. The number of hydrogen-bond donors (Lipinski definition) is 0. The Kier molecular flexibility index (Phi) is 4.86. The van der Waals surface area contributed by atoms with E-state index in [1.807, 2.05) is 0 Å². The monoisotopic (exact) mass is 274 g/mol. The Morgan fingerprint density at radius 1 is 1.40 bits per heavy atom. The van der Waals surface area contributed by atoms with E-state index in [0.29, 0.717) is 23.0 Å². The SMILES string of the molecule is COc1ccc(C#N)cc1OC(C)C1CCCN(C)C1. The summed E-state index contributed by atoms with van der Waals surface area (Å²) in [6, 6.07) is 7.41. The molecule has 0 spiro atoms. The van der Waals surface area contributed by atoms with E-state index in [1.54, 1.807) is 25.3 Å². The van der Waals surface area contributed by atoms with Crippen molar-refractivity contribution in [2.45, 2.75) is 25.9 Å². The minimum Gasteiger partial charge on any atom is -0.493 e. The van der Waals surface area contributed by atoms with Crippen molar-refractivity contribution in [2.75, 3.05) is 27.2 Å². The zero-order chi connectivity index (χ0) is 14.5. The van der Waals surface area contributed by atoms with Crippen LogP contribution in [0.25, 0.3) is 0 Å². The van der Waals surface area contributed by atoms with Crippen molar-refractivity contribution in [3.63, 3.8) is 0 Å². The van der Waals surface area contributed by atoms with Gasteiger partial charge >= 0.3 is 0 Å². The summed E-state index contributed by atoms with van der Waals surface area (Å²) in [7, 11) is 3.77. The molecule has 1 heterocycles. The zero-order valence-electron chi connectivity index (χ0n) is 12.4. The van der Waals surface area contributed by atoms with E-state index in [-0.39, 0.29) is 6.10 Å². The first-order valence-electron chi connectivity index (χ1n) is 7.07. The minimum absolute atomic E-state index is 0.112. The van der Waals surface area contributed by atoms with Gasteiger partial charge in [0.05, 0.1) is 18.7 Å². The van der Waals surface area contributed by atoms with Crippen LogP contribution in [0.4, 0.5) is 0 Å². The molecule has 20 heavy (non-hydrogen) atoms. The Hall–Kier alpha value is -1.73. The molecular weight excluding hydrogens is 252 g/mol. The lowest BCUT2D eigenvalue weighted by Gasteiger charge is -2.33. The second-order valence-corrected chi connectivity index (χ2v) is 5.46. The summed E-state index contributed by atoms with van der Waals surface area (Å²) < 4.78 is 11.4. The number of piperidine rings is 1. The third-order valence-electron chi connectivity index (χ3n) is 3.93. The molecule has 1 fully saturated rings. The Morgan fingerprint density at radius 2 is 2.20 bits per heavy atom. The van der Waals surface area contributed by atoms with Gasteiger partial charge in [-0.25, -0.2) is 0 Å². The fourth-order valence-electron chi connectivity index (χ4n) is 2.72. The molecule has 0 saturated carbocycles. The van der Waals surface area contributed by atoms with Crippen LogP contribution in [0, 0.1) is 17.2 Å². The second kappa shape index (κ2) is 6.62. The zero-order valence-corrected chi connectivity index (χ0v) is 12.4. The predicted molar refractivity (Wildman–Crippen MR) is 78.0 cm³/mol. The van der Waals surface area contributed by atoms with Gasteiger partial charge in [-0.05, 0) is 45.5 Å². The van der Waals surface area contributed by atoms with Crippen molar-refractivity contribution >= 4 is 0 Å². The van der Waals surface area contributed by atoms with Crippen molar-refractivity contribution in [3.8, 4) is 17.6 Å². The maximum absolute atomic E-state index is 8.99. The lowest BCUT2D eigenvalue weighted by molar-refractivity contribution is 0.0878. The Morgan fingerprint density at radius 3 is 2.85 bits per heavy atom. The fourth-order valence-corrected chi connectivity index (χ4v) is 2.72. The van der Waals surface area contributed by atoms with Gasteiger partial charge in [-0.3, -0.25) is 0 Å². The van der Waals surface area contributed by atoms with Crippen LogP contribution >= 0.6 is 0 Å². The lowest BCUT2D eigenvalue weighted by atomic mass is 9.93. The van der Waals surface area contributed by atoms with Gasteiger partial charge in [-0.1, -0.05) is 0 Å². The first-order valence-corrected chi connectivity index (χ1v) is 7.07. The van der Waals surface area contributed by atoms with Gasteiger partial charge in [0, 0.05) is 18.5 Å². The summed E-state index contributed by atoms with van der Waals surface area (Å²) in [6.07, 6.45) is 2.51. The standard InChI is InChI=1S/C16H22N2O2/c1-12(14-5-4-8-18(2)11-14)20-16-9-13(10-17)6-7-15(16)19-3/h6-7,9,12,14H,4-5,8,11H2,1-3H3. The fraction of sp³-hybridized carbons (Fsp3) is 0.562. The molecule has 1 aromatic rings. The van der Waals surface area contributed by atoms with Gasteiger partial charge in [0.25, 0.3) is 0 Å². The van der Waals surface area contributed by atoms with E-state index in [9.17, 15) is 0 Å². The van der Waals surface area contributed by atoms with Crippen molar-refractivity contribution in [3.05, 3.63) is 23.8 Å². The molecule has 0 aromatic heterocycles. The molecule has 2 unspecified atom stereocenters. The van der Waals surface area contributed by atoms with Gasteiger partial charge in [0.1, 0.15) is 6.10 Å². The Labute approximate surface area is 120 Å². The maximum atomic E-state index is 8.99. The molecule has 2 atom stereocenters. The van der Waals surface area contributed by atoms with Gasteiger partial charge in [0.2, 0.25) is 0 Å². The molecule has 1 saturated heterocycles.